The maximum absolute atomic E-state index is 13.7. The molecule has 7 atom stereocenters. The molecule has 0 aromatic carbocycles. The lowest BCUT2D eigenvalue weighted by Gasteiger charge is -2.41. The van der Waals surface area contributed by atoms with Crippen LogP contribution in [0.15, 0.2) is 11.8 Å². The molecule has 1 fully saturated rings. The summed E-state index contributed by atoms with van der Waals surface area (Å²) >= 11 is 0. The summed E-state index contributed by atoms with van der Waals surface area (Å²) in [7, 11) is 7.11. The van der Waals surface area contributed by atoms with Gasteiger partial charge >= 0.3 is 0 Å². The summed E-state index contributed by atoms with van der Waals surface area (Å²) in [4.78, 5) is 42.1. The molecule has 0 aromatic heterocycles. The zero-order valence-electron chi connectivity index (χ0n) is 26.2. The van der Waals surface area contributed by atoms with Crippen molar-refractivity contribution >= 4 is 18.1 Å². The number of aldehydes is 1. The van der Waals surface area contributed by atoms with E-state index in [4.69, 9.17) is 9.47 Å². The van der Waals surface area contributed by atoms with E-state index in [0.717, 1.165) is 37.7 Å². The largest absolute Gasteiger partial charge is 0.379 e. The Balaban J connectivity index is 3.16. The Bertz CT molecular complexity index is 789. The fourth-order valence-electron chi connectivity index (χ4n) is 5.94. The fourth-order valence-corrected chi connectivity index (χ4v) is 5.94. The van der Waals surface area contributed by atoms with Crippen LogP contribution >= 0.6 is 0 Å². The summed E-state index contributed by atoms with van der Waals surface area (Å²) in [5, 5.41) is 6.21. The standard InChI is InChI=1S/C30H56N4O5/c1-11-14-23(18-32-30(37)27(31-7)20(3)4)33(8)28(21(5)12-2)25(38-9)17-26(36)34-16-13-15-24(34)29(39-10)22(6)19-35/h14,19-22,24-25,27-29,31H,11-13,15-18H2,1-10H3,(H,32,37)/b23-14+. The lowest BCUT2D eigenvalue weighted by atomic mass is 9.90. The van der Waals surface area contributed by atoms with E-state index >= 15 is 0 Å². The first-order valence-corrected chi connectivity index (χ1v) is 14.7. The molecule has 1 aliphatic heterocycles. The van der Waals surface area contributed by atoms with Crippen LogP contribution in [0.25, 0.3) is 0 Å². The van der Waals surface area contributed by atoms with Crippen molar-refractivity contribution in [3.8, 4) is 0 Å². The predicted octanol–water partition coefficient (Wildman–Crippen LogP) is 3.23. The highest BCUT2D eigenvalue weighted by atomic mass is 16.5. The summed E-state index contributed by atoms with van der Waals surface area (Å²) in [5.74, 6) is 0.110. The van der Waals surface area contributed by atoms with Crippen LogP contribution in [-0.4, -0.2) is 99.6 Å². The van der Waals surface area contributed by atoms with Crippen molar-refractivity contribution in [2.24, 2.45) is 17.8 Å². The van der Waals surface area contributed by atoms with E-state index in [1.165, 1.54) is 0 Å². The minimum Gasteiger partial charge on any atom is -0.379 e. The quantitative estimate of drug-likeness (QED) is 0.252. The fraction of sp³-hybridized carbons (Fsp3) is 0.833. The summed E-state index contributed by atoms with van der Waals surface area (Å²) < 4.78 is 11.7. The Kier molecular flexibility index (Phi) is 15.9. The number of methoxy groups -OCH3 is 2. The van der Waals surface area contributed by atoms with Crippen molar-refractivity contribution in [1.82, 2.24) is 20.4 Å². The van der Waals surface area contributed by atoms with Crippen LogP contribution < -0.4 is 10.6 Å². The number of hydrogen-bond acceptors (Lipinski definition) is 7. The molecule has 2 amide bonds. The molecule has 0 spiro atoms. The second-order valence-electron chi connectivity index (χ2n) is 11.3. The number of ether oxygens (including phenoxy) is 2. The van der Waals surface area contributed by atoms with Gasteiger partial charge in [-0.1, -0.05) is 54.0 Å². The van der Waals surface area contributed by atoms with Gasteiger partial charge in [0, 0.05) is 39.4 Å². The smallest absolute Gasteiger partial charge is 0.237 e. The summed E-state index contributed by atoms with van der Waals surface area (Å²) in [5.41, 5.74) is 1.00. The Morgan fingerprint density at radius 1 is 1.13 bits per heavy atom. The molecule has 1 saturated heterocycles. The lowest BCUT2D eigenvalue weighted by molar-refractivity contribution is -0.140. The van der Waals surface area contributed by atoms with Crippen LogP contribution in [0.5, 0.6) is 0 Å². The second kappa shape index (κ2) is 17.7. The molecule has 9 heteroatoms. The molecule has 226 valence electrons. The Morgan fingerprint density at radius 3 is 2.28 bits per heavy atom. The van der Waals surface area contributed by atoms with Gasteiger partial charge in [0.25, 0.3) is 0 Å². The third-order valence-corrected chi connectivity index (χ3v) is 8.33. The number of amides is 2. The number of carbonyl (C=O) groups excluding carboxylic acids is 3. The zero-order valence-corrected chi connectivity index (χ0v) is 26.2. The van der Waals surface area contributed by atoms with Crippen LogP contribution in [0.1, 0.15) is 73.6 Å². The number of rotatable bonds is 18. The van der Waals surface area contributed by atoms with Crippen molar-refractivity contribution in [3.63, 3.8) is 0 Å². The Morgan fingerprint density at radius 2 is 1.79 bits per heavy atom. The third-order valence-electron chi connectivity index (χ3n) is 8.33. The molecule has 7 unspecified atom stereocenters. The van der Waals surface area contributed by atoms with E-state index in [-0.39, 0.29) is 66.3 Å². The van der Waals surface area contributed by atoms with Crippen molar-refractivity contribution in [2.45, 2.75) is 104 Å². The first-order valence-electron chi connectivity index (χ1n) is 14.7. The van der Waals surface area contributed by atoms with E-state index in [1.807, 2.05) is 32.7 Å². The van der Waals surface area contributed by atoms with Gasteiger partial charge in [-0.3, -0.25) is 9.59 Å². The Labute approximate surface area is 237 Å². The van der Waals surface area contributed by atoms with Crippen molar-refractivity contribution in [2.75, 3.05) is 41.4 Å². The minimum absolute atomic E-state index is 0.0225. The number of hydrogen-bond donors (Lipinski definition) is 2. The number of nitrogens with zero attached hydrogens (tertiary/aromatic N) is 2. The lowest BCUT2D eigenvalue weighted by Crippen LogP contribution is -2.52. The molecule has 1 rings (SSSR count). The summed E-state index contributed by atoms with van der Waals surface area (Å²) in [6, 6.07) is -0.456. The molecular weight excluding hydrogens is 496 g/mol. The van der Waals surface area contributed by atoms with Crippen LogP contribution in [0.2, 0.25) is 0 Å². The summed E-state index contributed by atoms with van der Waals surface area (Å²) in [6.45, 7) is 13.3. The molecule has 0 aromatic rings. The van der Waals surface area contributed by atoms with Crippen LogP contribution in [0.3, 0.4) is 0 Å². The average molecular weight is 553 g/mol. The normalized spacial score (nSPS) is 20.7. The van der Waals surface area contributed by atoms with E-state index in [0.29, 0.717) is 13.1 Å². The molecule has 0 aliphatic carbocycles. The van der Waals surface area contributed by atoms with E-state index in [2.05, 4.69) is 42.4 Å². The highest BCUT2D eigenvalue weighted by molar-refractivity contribution is 5.82. The van der Waals surface area contributed by atoms with Gasteiger partial charge in [0.1, 0.15) is 6.29 Å². The maximum Gasteiger partial charge on any atom is 0.237 e. The highest BCUT2D eigenvalue weighted by Crippen LogP contribution is 2.29. The zero-order chi connectivity index (χ0) is 29.7. The minimum atomic E-state index is -0.347. The van der Waals surface area contributed by atoms with Gasteiger partial charge in [0.05, 0.1) is 43.3 Å². The Hall–Kier alpha value is -1.97. The van der Waals surface area contributed by atoms with E-state index in [9.17, 15) is 14.4 Å². The van der Waals surface area contributed by atoms with Crippen molar-refractivity contribution in [1.29, 1.82) is 0 Å². The van der Waals surface area contributed by atoms with Gasteiger partial charge in [-0.15, -0.1) is 0 Å². The third kappa shape index (κ3) is 9.57. The maximum atomic E-state index is 13.7. The first kappa shape index (κ1) is 35.1. The monoisotopic (exact) mass is 552 g/mol. The van der Waals surface area contributed by atoms with E-state index < -0.39 is 0 Å². The van der Waals surface area contributed by atoms with Gasteiger partial charge in [-0.2, -0.15) is 0 Å². The van der Waals surface area contributed by atoms with Gasteiger partial charge in [-0.05, 0) is 38.1 Å². The van der Waals surface area contributed by atoms with Gasteiger partial charge < -0.3 is 34.7 Å². The van der Waals surface area contributed by atoms with Crippen LogP contribution in [-0.2, 0) is 23.9 Å². The average Bonchev–Trinajstić information content (AvgIpc) is 3.40. The molecular formula is C30H56N4O5. The number of likely N-dealkylation sites (N-methyl/N-ethyl adjacent to an activating group) is 2. The number of carbonyl (C=O) groups is 3. The topological polar surface area (TPSA) is 100 Å². The van der Waals surface area contributed by atoms with Gasteiger partial charge in [0.2, 0.25) is 11.8 Å². The molecule has 1 aliphatic rings. The SMILES string of the molecule is CC/C=C(\CNC(=O)C(NC)C(C)C)N(C)C(C(C)CC)C(CC(=O)N1CCCC1C(OC)C(C)C=O)OC. The van der Waals surface area contributed by atoms with Crippen LogP contribution in [0.4, 0.5) is 0 Å². The molecule has 0 bridgehead atoms. The van der Waals surface area contributed by atoms with Gasteiger partial charge in [-0.25, -0.2) is 0 Å². The number of likely N-dealkylation sites (tertiary alicyclic amines) is 1. The van der Waals surface area contributed by atoms with E-state index in [1.54, 1.807) is 21.3 Å². The highest BCUT2D eigenvalue weighted by Gasteiger charge is 2.40. The predicted molar refractivity (Wildman–Crippen MR) is 156 cm³/mol. The molecule has 1 heterocycles. The van der Waals surface area contributed by atoms with Gasteiger partial charge in [0.15, 0.2) is 0 Å². The second-order valence-corrected chi connectivity index (χ2v) is 11.3. The van der Waals surface area contributed by atoms with Crippen molar-refractivity contribution in [3.05, 3.63) is 11.8 Å². The molecule has 0 radical (unpaired) electrons. The molecule has 2 N–H and O–H groups in total. The van der Waals surface area contributed by atoms with Crippen molar-refractivity contribution < 1.29 is 23.9 Å². The number of nitrogens with one attached hydrogen (secondary N) is 2. The first-order chi connectivity index (χ1) is 18.5. The number of allylic oxidation sites excluding steroid dienone is 1. The van der Waals surface area contributed by atoms with Crippen LogP contribution in [0, 0.1) is 17.8 Å². The molecule has 9 nitrogen and oxygen atoms in total. The molecule has 0 saturated carbocycles. The summed E-state index contributed by atoms with van der Waals surface area (Å²) in [6.07, 6.45) is 6.05. The molecule has 39 heavy (non-hydrogen) atoms.